The maximum Gasteiger partial charge on any atom is 0.268 e. The summed E-state index contributed by atoms with van der Waals surface area (Å²) in [7, 11) is 0. The van der Waals surface area contributed by atoms with Crippen molar-refractivity contribution in [2.45, 2.75) is 0 Å². The van der Waals surface area contributed by atoms with E-state index in [1.54, 1.807) is 12.1 Å². The van der Waals surface area contributed by atoms with Crippen LogP contribution in [-0.4, -0.2) is 9.38 Å². The topological polar surface area (TPSA) is 34.4 Å². The first-order chi connectivity index (χ1) is 8.08. The first-order valence-corrected chi connectivity index (χ1v) is 6.48. The summed E-state index contributed by atoms with van der Waals surface area (Å²) in [6.07, 6.45) is 1.52. The molecule has 0 atom stereocenters. The van der Waals surface area contributed by atoms with Crippen LogP contribution in [0.3, 0.4) is 0 Å². The Hall–Kier alpha value is -0.810. The molecule has 0 bridgehead atoms. The van der Waals surface area contributed by atoms with Gasteiger partial charge in [-0.3, -0.25) is 9.20 Å². The van der Waals surface area contributed by atoms with Gasteiger partial charge in [-0.05, 0) is 12.1 Å². The summed E-state index contributed by atoms with van der Waals surface area (Å²) in [4.78, 5) is 17.0. The number of halogens is 3. The van der Waals surface area contributed by atoms with E-state index in [0.29, 0.717) is 30.2 Å². The second-order valence-corrected chi connectivity index (χ2v) is 5.81. The Morgan fingerprint density at radius 3 is 2.65 bits per heavy atom. The number of rotatable bonds is 0. The third-order valence-corrected chi connectivity index (χ3v) is 4.06. The molecule has 3 aromatic rings. The molecular formula is C10H3Cl3N2OS. The molecule has 0 amide bonds. The summed E-state index contributed by atoms with van der Waals surface area (Å²) in [5.41, 5.74) is 0.142. The van der Waals surface area contributed by atoms with Crippen LogP contribution >= 0.6 is 46.1 Å². The van der Waals surface area contributed by atoms with Gasteiger partial charge >= 0.3 is 0 Å². The minimum atomic E-state index is -0.263. The zero-order valence-electron chi connectivity index (χ0n) is 8.08. The van der Waals surface area contributed by atoms with Crippen LogP contribution < -0.4 is 5.56 Å². The van der Waals surface area contributed by atoms with Crippen molar-refractivity contribution in [3.8, 4) is 0 Å². The fraction of sp³-hybridized carbons (Fsp3) is 0. The van der Waals surface area contributed by atoms with Crippen molar-refractivity contribution in [2.24, 2.45) is 0 Å². The lowest BCUT2D eigenvalue weighted by molar-refractivity contribution is 1.11. The van der Waals surface area contributed by atoms with Gasteiger partial charge in [0.05, 0.1) is 20.9 Å². The molecule has 2 aromatic heterocycles. The van der Waals surface area contributed by atoms with E-state index in [2.05, 4.69) is 4.98 Å². The molecule has 0 spiro atoms. The zero-order chi connectivity index (χ0) is 12.2. The van der Waals surface area contributed by atoms with Gasteiger partial charge < -0.3 is 0 Å². The SMILES string of the molecule is O=c1c2c(Cl)ccc(Cl)c2nc2sc(Cl)cn12. The lowest BCUT2D eigenvalue weighted by atomic mass is 10.2. The van der Waals surface area contributed by atoms with Crippen LogP contribution in [0.25, 0.3) is 15.9 Å². The maximum absolute atomic E-state index is 12.2. The highest BCUT2D eigenvalue weighted by Gasteiger charge is 2.13. The van der Waals surface area contributed by atoms with Gasteiger partial charge in [0.2, 0.25) is 0 Å². The van der Waals surface area contributed by atoms with Crippen LogP contribution in [0.5, 0.6) is 0 Å². The number of aromatic nitrogens is 2. The highest BCUT2D eigenvalue weighted by molar-refractivity contribution is 7.20. The highest BCUT2D eigenvalue weighted by atomic mass is 35.5. The Morgan fingerprint density at radius 1 is 1.18 bits per heavy atom. The smallest absolute Gasteiger partial charge is 0.268 e. The van der Waals surface area contributed by atoms with Crippen molar-refractivity contribution in [2.75, 3.05) is 0 Å². The molecule has 0 radical (unpaired) electrons. The predicted octanol–water partition coefficient (Wildman–Crippen LogP) is 3.87. The molecule has 17 heavy (non-hydrogen) atoms. The summed E-state index contributed by atoms with van der Waals surface area (Å²) in [6.45, 7) is 0. The Balaban J connectivity index is 2.68. The van der Waals surface area contributed by atoms with E-state index in [1.165, 1.54) is 21.9 Å². The van der Waals surface area contributed by atoms with Gasteiger partial charge in [0.15, 0.2) is 4.96 Å². The van der Waals surface area contributed by atoms with E-state index >= 15 is 0 Å². The van der Waals surface area contributed by atoms with Crippen molar-refractivity contribution in [1.82, 2.24) is 9.38 Å². The van der Waals surface area contributed by atoms with E-state index in [1.807, 2.05) is 0 Å². The number of hydrogen-bond acceptors (Lipinski definition) is 3. The number of nitrogens with zero attached hydrogens (tertiary/aromatic N) is 2. The molecule has 86 valence electrons. The molecule has 0 saturated heterocycles. The van der Waals surface area contributed by atoms with Crippen molar-refractivity contribution in [3.63, 3.8) is 0 Å². The maximum atomic E-state index is 12.2. The van der Waals surface area contributed by atoms with Gasteiger partial charge in [-0.25, -0.2) is 4.98 Å². The summed E-state index contributed by atoms with van der Waals surface area (Å²) in [6, 6.07) is 3.19. The lowest BCUT2D eigenvalue weighted by Gasteiger charge is -2.01. The quantitative estimate of drug-likeness (QED) is 0.632. The Labute approximate surface area is 114 Å². The van der Waals surface area contributed by atoms with Crippen LogP contribution in [0.15, 0.2) is 23.1 Å². The molecule has 3 nitrogen and oxygen atoms in total. The molecule has 0 fully saturated rings. The summed E-state index contributed by atoms with van der Waals surface area (Å²) >= 11 is 19.1. The summed E-state index contributed by atoms with van der Waals surface area (Å²) < 4.78 is 1.86. The van der Waals surface area contributed by atoms with E-state index < -0.39 is 0 Å². The molecule has 1 aromatic carbocycles. The van der Waals surface area contributed by atoms with Gasteiger partial charge in [0.1, 0.15) is 4.34 Å². The number of fused-ring (bicyclic) bond motifs is 2. The third-order valence-electron chi connectivity index (χ3n) is 2.34. The van der Waals surface area contributed by atoms with E-state index in [0.717, 1.165) is 0 Å². The molecule has 0 aliphatic heterocycles. The monoisotopic (exact) mass is 304 g/mol. The van der Waals surface area contributed by atoms with Crippen LogP contribution in [0, 0.1) is 0 Å². The van der Waals surface area contributed by atoms with Crippen molar-refractivity contribution in [1.29, 1.82) is 0 Å². The largest absolute Gasteiger partial charge is 0.268 e. The van der Waals surface area contributed by atoms with Crippen LogP contribution in [-0.2, 0) is 0 Å². The Kier molecular flexibility index (Phi) is 2.56. The second-order valence-electron chi connectivity index (χ2n) is 3.36. The number of thiazole rings is 1. The van der Waals surface area contributed by atoms with Crippen LogP contribution in [0.2, 0.25) is 14.4 Å². The Bertz CT molecular complexity index is 809. The fourth-order valence-corrected chi connectivity index (χ4v) is 3.05. The van der Waals surface area contributed by atoms with Crippen LogP contribution in [0.4, 0.5) is 0 Å². The minimum Gasteiger partial charge on any atom is -0.268 e. The van der Waals surface area contributed by atoms with E-state index in [4.69, 9.17) is 34.8 Å². The molecule has 2 heterocycles. The van der Waals surface area contributed by atoms with Gasteiger partial charge in [0, 0.05) is 6.20 Å². The van der Waals surface area contributed by atoms with Gasteiger partial charge in [-0.1, -0.05) is 46.1 Å². The molecule has 0 unspecified atom stereocenters. The standard InChI is InChI=1S/C10H3Cl3N2OS/c11-4-1-2-5(12)8-7(4)9(16)15-3-6(13)17-10(15)14-8/h1-3H. The molecule has 0 aliphatic rings. The second kappa shape index (κ2) is 3.85. The van der Waals surface area contributed by atoms with E-state index in [-0.39, 0.29) is 5.56 Å². The van der Waals surface area contributed by atoms with Crippen molar-refractivity contribution in [3.05, 3.63) is 43.1 Å². The predicted molar refractivity (Wildman–Crippen MR) is 71.9 cm³/mol. The number of benzene rings is 1. The molecular weight excluding hydrogens is 303 g/mol. The zero-order valence-corrected chi connectivity index (χ0v) is 11.2. The average Bonchev–Trinajstić information content (AvgIpc) is 2.65. The Morgan fingerprint density at radius 2 is 1.88 bits per heavy atom. The third kappa shape index (κ3) is 1.64. The van der Waals surface area contributed by atoms with Crippen molar-refractivity contribution < 1.29 is 0 Å². The summed E-state index contributed by atoms with van der Waals surface area (Å²) in [5.74, 6) is 0. The number of hydrogen-bond donors (Lipinski definition) is 0. The van der Waals surface area contributed by atoms with Crippen molar-refractivity contribution >= 4 is 62.0 Å². The first kappa shape index (κ1) is 11.3. The van der Waals surface area contributed by atoms with Crippen LogP contribution in [0.1, 0.15) is 0 Å². The summed E-state index contributed by atoms with van der Waals surface area (Å²) in [5, 5.41) is 1.04. The molecule has 0 N–H and O–H groups in total. The highest BCUT2D eigenvalue weighted by Crippen LogP contribution is 2.28. The normalized spacial score (nSPS) is 11.5. The average molecular weight is 306 g/mol. The molecule has 3 rings (SSSR count). The fourth-order valence-electron chi connectivity index (χ4n) is 1.61. The van der Waals surface area contributed by atoms with Gasteiger partial charge in [0.25, 0.3) is 5.56 Å². The lowest BCUT2D eigenvalue weighted by Crippen LogP contribution is -2.13. The van der Waals surface area contributed by atoms with Gasteiger partial charge in [-0.2, -0.15) is 0 Å². The molecule has 0 aliphatic carbocycles. The first-order valence-electron chi connectivity index (χ1n) is 4.53. The minimum absolute atomic E-state index is 0.263. The molecule has 0 saturated carbocycles. The van der Waals surface area contributed by atoms with E-state index in [9.17, 15) is 4.79 Å². The molecule has 7 heteroatoms. The van der Waals surface area contributed by atoms with Gasteiger partial charge in [-0.15, -0.1) is 0 Å².